The summed E-state index contributed by atoms with van der Waals surface area (Å²) in [5.74, 6) is 0.342. The Morgan fingerprint density at radius 2 is 1.57 bits per heavy atom. The molecule has 21 heavy (non-hydrogen) atoms. The van der Waals surface area contributed by atoms with E-state index in [2.05, 4.69) is 6.92 Å². The molecule has 2 aromatic rings. The molecule has 0 saturated carbocycles. The monoisotopic (exact) mass is 320 g/mol. The minimum Gasteiger partial charge on any atom is -0.293 e. The molecule has 0 fully saturated rings. The number of hydrogen-bond donors (Lipinski definition) is 0. The first-order valence-corrected chi connectivity index (χ1v) is 8.66. The second kappa shape index (κ2) is 7.53. The van der Waals surface area contributed by atoms with Gasteiger partial charge in [-0.1, -0.05) is 54.9 Å². The molecule has 0 aliphatic carbocycles. The predicted molar refractivity (Wildman–Crippen MR) is 88.3 cm³/mol. The van der Waals surface area contributed by atoms with Gasteiger partial charge in [-0.25, -0.2) is 0 Å². The van der Waals surface area contributed by atoms with Gasteiger partial charge in [-0.2, -0.15) is 0 Å². The Morgan fingerprint density at radius 3 is 2.14 bits per heavy atom. The van der Waals surface area contributed by atoms with E-state index >= 15 is 0 Å². The van der Waals surface area contributed by atoms with E-state index in [9.17, 15) is 9.00 Å². The maximum atomic E-state index is 12.1. The van der Waals surface area contributed by atoms with Crippen LogP contribution in [-0.2, 0) is 23.0 Å². The normalized spacial score (nSPS) is 12.1. The van der Waals surface area contributed by atoms with Gasteiger partial charge >= 0.3 is 0 Å². The third-order valence-corrected chi connectivity index (χ3v) is 4.71. The van der Waals surface area contributed by atoms with Crippen molar-refractivity contribution in [1.82, 2.24) is 0 Å². The van der Waals surface area contributed by atoms with Gasteiger partial charge in [-0.05, 0) is 29.7 Å². The second-order valence-electron chi connectivity index (χ2n) is 4.83. The molecule has 0 radical (unpaired) electrons. The summed E-state index contributed by atoms with van der Waals surface area (Å²) < 4.78 is 12.1. The number of hydrogen-bond acceptors (Lipinski definition) is 2. The molecule has 1 atom stereocenters. The molecule has 0 bridgehead atoms. The molecule has 0 N–H and O–H groups in total. The van der Waals surface area contributed by atoms with E-state index in [0.29, 0.717) is 16.3 Å². The minimum atomic E-state index is -1.21. The molecule has 4 heteroatoms. The van der Waals surface area contributed by atoms with Gasteiger partial charge < -0.3 is 0 Å². The van der Waals surface area contributed by atoms with Crippen LogP contribution in [0.5, 0.6) is 0 Å². The van der Waals surface area contributed by atoms with Crippen molar-refractivity contribution in [3.05, 3.63) is 70.2 Å². The van der Waals surface area contributed by atoms with Gasteiger partial charge in [0, 0.05) is 27.1 Å². The van der Waals surface area contributed by atoms with Gasteiger partial charge in [0.2, 0.25) is 0 Å². The topological polar surface area (TPSA) is 34.1 Å². The first-order chi connectivity index (χ1) is 10.1. The highest BCUT2D eigenvalue weighted by atomic mass is 35.5. The molecule has 0 spiro atoms. The number of ketones is 1. The lowest BCUT2D eigenvalue weighted by Crippen LogP contribution is -2.12. The quantitative estimate of drug-likeness (QED) is 0.753. The molecule has 0 aliphatic rings. The third kappa shape index (κ3) is 4.80. The zero-order chi connectivity index (χ0) is 15.2. The van der Waals surface area contributed by atoms with Gasteiger partial charge in [0.25, 0.3) is 0 Å². The predicted octanol–water partition coefficient (Wildman–Crippen LogP) is 4.03. The van der Waals surface area contributed by atoms with Crippen molar-refractivity contribution in [2.75, 3.05) is 5.75 Å². The summed E-state index contributed by atoms with van der Waals surface area (Å²) in [6.45, 7) is 2.07. The van der Waals surface area contributed by atoms with Gasteiger partial charge in [0.05, 0.1) is 5.75 Å². The van der Waals surface area contributed by atoms with E-state index in [4.69, 9.17) is 11.6 Å². The zero-order valence-corrected chi connectivity index (χ0v) is 13.4. The van der Waals surface area contributed by atoms with Crippen LogP contribution in [0.4, 0.5) is 0 Å². The average molecular weight is 321 g/mol. The number of carbonyl (C=O) groups excluding carboxylic acids is 1. The van der Waals surface area contributed by atoms with Gasteiger partial charge in [-0.15, -0.1) is 0 Å². The van der Waals surface area contributed by atoms with Crippen molar-refractivity contribution in [1.29, 1.82) is 0 Å². The lowest BCUT2D eigenvalue weighted by atomic mass is 10.1. The van der Waals surface area contributed by atoms with Crippen molar-refractivity contribution in [2.45, 2.75) is 19.1 Å². The first-order valence-electron chi connectivity index (χ1n) is 6.80. The molecule has 2 aromatic carbocycles. The molecule has 1 unspecified atom stereocenters. The lowest BCUT2D eigenvalue weighted by molar-refractivity contribution is 0.102. The fourth-order valence-corrected chi connectivity index (χ4v) is 3.22. The SMILES string of the molecule is CCc1ccc(C(=O)CS(=O)Cc2ccc(Cl)cc2)cc1. The van der Waals surface area contributed by atoms with Crippen LogP contribution in [0.3, 0.4) is 0 Å². The van der Waals surface area contributed by atoms with Gasteiger partial charge in [0.1, 0.15) is 0 Å². The first kappa shape index (κ1) is 15.9. The Hall–Kier alpha value is -1.45. The minimum absolute atomic E-state index is 0.0497. The molecule has 0 amide bonds. The van der Waals surface area contributed by atoms with Crippen molar-refractivity contribution in [3.8, 4) is 0 Å². The van der Waals surface area contributed by atoms with E-state index in [1.54, 1.807) is 24.3 Å². The van der Waals surface area contributed by atoms with Crippen LogP contribution in [0.1, 0.15) is 28.4 Å². The van der Waals surface area contributed by atoms with Crippen LogP contribution in [0.15, 0.2) is 48.5 Å². The summed E-state index contributed by atoms with van der Waals surface area (Å²) in [6.07, 6.45) is 0.941. The highest BCUT2D eigenvalue weighted by Crippen LogP contribution is 2.12. The van der Waals surface area contributed by atoms with Crippen LogP contribution in [0.25, 0.3) is 0 Å². The molecule has 0 heterocycles. The molecule has 110 valence electrons. The fraction of sp³-hybridized carbons (Fsp3) is 0.235. The second-order valence-corrected chi connectivity index (χ2v) is 6.72. The third-order valence-electron chi connectivity index (χ3n) is 3.22. The summed E-state index contributed by atoms with van der Waals surface area (Å²) in [7, 11) is -1.21. The number of halogens is 1. The highest BCUT2D eigenvalue weighted by molar-refractivity contribution is 7.85. The van der Waals surface area contributed by atoms with E-state index in [1.807, 2.05) is 24.3 Å². The standard InChI is InChI=1S/C17H17ClO2S/c1-2-13-3-7-15(8-4-13)17(19)12-21(20)11-14-5-9-16(18)10-6-14/h3-10H,2,11-12H2,1H3. The van der Waals surface area contributed by atoms with Crippen molar-refractivity contribution in [3.63, 3.8) is 0 Å². The van der Waals surface area contributed by atoms with Crippen molar-refractivity contribution in [2.24, 2.45) is 0 Å². The van der Waals surface area contributed by atoms with Gasteiger partial charge in [-0.3, -0.25) is 9.00 Å². The average Bonchev–Trinajstić information content (AvgIpc) is 2.49. The van der Waals surface area contributed by atoms with Crippen molar-refractivity contribution < 1.29 is 9.00 Å². The number of aryl methyl sites for hydroxylation is 1. The number of Topliss-reactive ketones (excluding diaryl/α,β-unsaturated/α-hetero) is 1. The molecular weight excluding hydrogens is 304 g/mol. The maximum absolute atomic E-state index is 12.1. The molecular formula is C17H17ClO2S. The highest BCUT2D eigenvalue weighted by Gasteiger charge is 2.11. The van der Waals surface area contributed by atoms with Crippen LogP contribution in [-0.4, -0.2) is 15.7 Å². The maximum Gasteiger partial charge on any atom is 0.175 e. The molecule has 2 nitrogen and oxygen atoms in total. The lowest BCUT2D eigenvalue weighted by Gasteiger charge is -2.04. The van der Waals surface area contributed by atoms with E-state index in [-0.39, 0.29) is 11.5 Å². The van der Waals surface area contributed by atoms with Gasteiger partial charge in [0.15, 0.2) is 5.78 Å². The summed E-state index contributed by atoms with van der Waals surface area (Å²) >= 11 is 5.81. The van der Waals surface area contributed by atoms with E-state index in [1.165, 1.54) is 5.56 Å². The Kier molecular flexibility index (Phi) is 5.71. The van der Waals surface area contributed by atoms with E-state index < -0.39 is 10.8 Å². The number of carbonyl (C=O) groups is 1. The smallest absolute Gasteiger partial charge is 0.175 e. The largest absolute Gasteiger partial charge is 0.293 e. The fourth-order valence-electron chi connectivity index (χ4n) is 1.97. The van der Waals surface area contributed by atoms with E-state index in [0.717, 1.165) is 12.0 Å². The Balaban J connectivity index is 1.95. The Bertz CT molecular complexity index is 633. The summed E-state index contributed by atoms with van der Waals surface area (Å²) in [5, 5.41) is 0.650. The number of benzene rings is 2. The molecule has 0 aliphatic heterocycles. The molecule has 0 aromatic heterocycles. The van der Waals surface area contributed by atoms with Crippen LogP contribution in [0, 0.1) is 0 Å². The Labute approximate surface area is 132 Å². The summed E-state index contributed by atoms with van der Waals surface area (Å²) in [5.41, 5.74) is 2.73. The Morgan fingerprint density at radius 1 is 1.00 bits per heavy atom. The summed E-state index contributed by atoms with van der Waals surface area (Å²) in [4.78, 5) is 12.1. The van der Waals surface area contributed by atoms with Crippen LogP contribution < -0.4 is 0 Å². The van der Waals surface area contributed by atoms with Crippen LogP contribution in [0.2, 0.25) is 5.02 Å². The molecule has 2 rings (SSSR count). The molecule has 0 saturated heterocycles. The summed E-state index contributed by atoms with van der Waals surface area (Å²) in [6, 6.07) is 14.7. The number of rotatable bonds is 6. The van der Waals surface area contributed by atoms with Crippen molar-refractivity contribution >= 4 is 28.2 Å². The van der Waals surface area contributed by atoms with Crippen LogP contribution >= 0.6 is 11.6 Å². The zero-order valence-electron chi connectivity index (χ0n) is 11.8.